The Morgan fingerprint density at radius 1 is 1.47 bits per heavy atom. The van der Waals surface area contributed by atoms with Gasteiger partial charge in [0.1, 0.15) is 12.3 Å². The van der Waals surface area contributed by atoms with Crippen LogP contribution in [0.3, 0.4) is 0 Å². The van der Waals surface area contributed by atoms with Crippen LogP contribution in [0.4, 0.5) is 5.82 Å². The van der Waals surface area contributed by atoms with Crippen molar-refractivity contribution in [3.63, 3.8) is 0 Å². The van der Waals surface area contributed by atoms with Crippen molar-refractivity contribution >= 4 is 5.82 Å². The molecule has 1 aliphatic carbocycles. The highest BCUT2D eigenvalue weighted by Crippen LogP contribution is 2.28. The molecule has 2 rings (SSSR count). The lowest BCUT2D eigenvalue weighted by molar-refractivity contribution is -0.390. The fourth-order valence-corrected chi connectivity index (χ4v) is 1.99. The second kappa shape index (κ2) is 5.09. The predicted octanol–water partition coefficient (Wildman–Crippen LogP) is 1.67. The first kappa shape index (κ1) is 11.8. The Balaban J connectivity index is 2.14. The van der Waals surface area contributed by atoms with Gasteiger partial charge in [-0.2, -0.15) is 0 Å². The molecule has 0 unspecified atom stereocenters. The first-order valence-corrected chi connectivity index (χ1v) is 5.62. The lowest BCUT2D eigenvalue weighted by Crippen LogP contribution is -2.34. The topological polar surface area (TPSA) is 85.5 Å². The maximum absolute atomic E-state index is 10.7. The molecule has 92 valence electrons. The molecule has 1 heterocycles. The highest BCUT2D eigenvalue weighted by molar-refractivity contribution is 5.38. The normalized spacial score (nSPS) is 24.3. The Morgan fingerprint density at radius 3 is 2.94 bits per heavy atom. The molecule has 0 aromatic carbocycles. The molecule has 0 aliphatic heterocycles. The van der Waals surface area contributed by atoms with E-state index in [0.717, 1.165) is 12.8 Å². The molecule has 2 atom stereocenters. The van der Waals surface area contributed by atoms with Gasteiger partial charge in [0.15, 0.2) is 0 Å². The number of hydrogen-bond acceptors (Lipinski definition) is 5. The lowest BCUT2D eigenvalue weighted by Gasteiger charge is -2.27. The van der Waals surface area contributed by atoms with E-state index in [-0.39, 0.29) is 17.7 Å². The summed E-state index contributed by atoms with van der Waals surface area (Å²) in [5, 5.41) is 20.5. The van der Waals surface area contributed by atoms with Crippen molar-refractivity contribution < 1.29 is 14.8 Å². The quantitative estimate of drug-likeness (QED) is 0.639. The zero-order valence-electron chi connectivity index (χ0n) is 9.28. The average molecular weight is 238 g/mol. The molecule has 0 radical (unpaired) electrons. The van der Waals surface area contributed by atoms with Crippen molar-refractivity contribution in [2.45, 2.75) is 37.9 Å². The van der Waals surface area contributed by atoms with Gasteiger partial charge in [-0.15, -0.1) is 0 Å². The van der Waals surface area contributed by atoms with Crippen LogP contribution in [0.2, 0.25) is 0 Å². The maximum atomic E-state index is 10.7. The summed E-state index contributed by atoms with van der Waals surface area (Å²) in [7, 11) is 0. The summed E-state index contributed by atoms with van der Waals surface area (Å²) in [5.41, 5.74) is 0. The molecule has 1 aromatic rings. The van der Waals surface area contributed by atoms with E-state index >= 15 is 0 Å². The van der Waals surface area contributed by atoms with Crippen molar-refractivity contribution in [3.05, 3.63) is 28.4 Å². The van der Waals surface area contributed by atoms with Gasteiger partial charge in [-0.1, -0.05) is 6.42 Å². The van der Waals surface area contributed by atoms with Gasteiger partial charge in [-0.3, -0.25) is 0 Å². The standard InChI is InChI=1S/C11H14N2O4/c14-8-4-1-2-5-9(8)17-10-6-3-7-12-11(10)13(15)16/h3,6-9,14H,1-2,4-5H2/t8-,9-/m1/s1. The Kier molecular flexibility index (Phi) is 3.53. The van der Waals surface area contributed by atoms with Crippen LogP contribution >= 0.6 is 0 Å². The first-order valence-electron chi connectivity index (χ1n) is 5.62. The van der Waals surface area contributed by atoms with Crippen LogP contribution in [0.5, 0.6) is 5.75 Å². The molecule has 17 heavy (non-hydrogen) atoms. The van der Waals surface area contributed by atoms with E-state index in [1.807, 2.05) is 0 Å². The second-order valence-electron chi connectivity index (χ2n) is 4.09. The molecule has 0 bridgehead atoms. The van der Waals surface area contributed by atoms with E-state index < -0.39 is 11.0 Å². The average Bonchev–Trinajstić information content (AvgIpc) is 2.32. The van der Waals surface area contributed by atoms with Crippen LogP contribution in [0.1, 0.15) is 25.7 Å². The van der Waals surface area contributed by atoms with Gasteiger partial charge in [-0.05, 0) is 41.3 Å². The number of aromatic nitrogens is 1. The van der Waals surface area contributed by atoms with Gasteiger partial charge in [0.25, 0.3) is 0 Å². The molecule has 1 saturated carbocycles. The summed E-state index contributed by atoms with van der Waals surface area (Å²) in [5.74, 6) is -0.172. The molecule has 0 saturated heterocycles. The SMILES string of the molecule is O=[N+]([O-])c1ncccc1O[C@@H]1CCCC[C@H]1O. The van der Waals surface area contributed by atoms with Crippen molar-refractivity contribution in [2.75, 3.05) is 0 Å². The summed E-state index contributed by atoms with van der Waals surface area (Å²) in [6.45, 7) is 0. The number of aliphatic hydroxyl groups excluding tert-OH is 1. The lowest BCUT2D eigenvalue weighted by atomic mass is 9.95. The number of rotatable bonds is 3. The van der Waals surface area contributed by atoms with Gasteiger partial charge in [0.05, 0.1) is 6.10 Å². The first-order chi connectivity index (χ1) is 8.18. The number of ether oxygens (including phenoxy) is 1. The minimum absolute atomic E-state index is 0.128. The van der Waals surface area contributed by atoms with Gasteiger partial charge in [-0.25, -0.2) is 0 Å². The second-order valence-corrected chi connectivity index (χ2v) is 4.09. The fraction of sp³-hybridized carbons (Fsp3) is 0.545. The molecular weight excluding hydrogens is 224 g/mol. The summed E-state index contributed by atoms with van der Waals surface area (Å²) in [6.07, 6.45) is 3.76. The van der Waals surface area contributed by atoms with Crippen LogP contribution in [0.25, 0.3) is 0 Å². The molecule has 1 N–H and O–H groups in total. The van der Waals surface area contributed by atoms with Gasteiger partial charge in [0.2, 0.25) is 5.75 Å². The molecular formula is C11H14N2O4. The van der Waals surface area contributed by atoms with Crippen LogP contribution in [0.15, 0.2) is 18.3 Å². The number of aliphatic hydroxyl groups is 1. The summed E-state index contributed by atoms with van der Waals surface area (Å²) < 4.78 is 5.51. The van der Waals surface area contributed by atoms with Crippen LogP contribution < -0.4 is 4.74 Å². The third kappa shape index (κ3) is 2.71. The number of pyridine rings is 1. The Morgan fingerprint density at radius 2 is 2.24 bits per heavy atom. The Bertz CT molecular complexity index is 410. The predicted molar refractivity (Wildman–Crippen MR) is 59.8 cm³/mol. The summed E-state index contributed by atoms with van der Waals surface area (Å²) in [6, 6.07) is 3.09. The largest absolute Gasteiger partial charge is 0.480 e. The van der Waals surface area contributed by atoms with E-state index in [2.05, 4.69) is 4.98 Å². The Hall–Kier alpha value is -1.69. The van der Waals surface area contributed by atoms with Crippen molar-refractivity contribution in [3.8, 4) is 5.75 Å². The van der Waals surface area contributed by atoms with E-state index in [9.17, 15) is 15.2 Å². The molecule has 0 amide bonds. The molecule has 0 spiro atoms. The number of hydrogen-bond donors (Lipinski definition) is 1. The van der Waals surface area contributed by atoms with E-state index in [1.165, 1.54) is 12.3 Å². The summed E-state index contributed by atoms with van der Waals surface area (Å²) >= 11 is 0. The van der Waals surface area contributed by atoms with E-state index in [1.54, 1.807) is 6.07 Å². The molecule has 6 nitrogen and oxygen atoms in total. The van der Waals surface area contributed by atoms with E-state index in [0.29, 0.717) is 12.8 Å². The zero-order valence-corrected chi connectivity index (χ0v) is 9.28. The van der Waals surface area contributed by atoms with Crippen molar-refractivity contribution in [2.24, 2.45) is 0 Å². The third-order valence-electron chi connectivity index (χ3n) is 2.87. The van der Waals surface area contributed by atoms with E-state index in [4.69, 9.17) is 4.74 Å². The van der Waals surface area contributed by atoms with Gasteiger partial charge >= 0.3 is 5.82 Å². The van der Waals surface area contributed by atoms with Crippen molar-refractivity contribution in [1.29, 1.82) is 0 Å². The highest BCUT2D eigenvalue weighted by atomic mass is 16.6. The molecule has 1 aromatic heterocycles. The molecule has 6 heteroatoms. The molecule has 1 fully saturated rings. The van der Waals surface area contributed by atoms with Crippen LogP contribution in [0, 0.1) is 10.1 Å². The van der Waals surface area contributed by atoms with Crippen molar-refractivity contribution in [1.82, 2.24) is 4.98 Å². The maximum Gasteiger partial charge on any atom is 0.406 e. The smallest absolute Gasteiger partial charge is 0.406 e. The minimum Gasteiger partial charge on any atom is -0.480 e. The zero-order chi connectivity index (χ0) is 12.3. The monoisotopic (exact) mass is 238 g/mol. The molecule has 1 aliphatic rings. The fourth-order valence-electron chi connectivity index (χ4n) is 1.99. The number of nitrogens with zero attached hydrogens (tertiary/aromatic N) is 2. The van der Waals surface area contributed by atoms with Crippen LogP contribution in [-0.2, 0) is 0 Å². The Labute approximate surface area is 98.4 Å². The van der Waals surface area contributed by atoms with Gasteiger partial charge < -0.3 is 20.0 Å². The highest BCUT2D eigenvalue weighted by Gasteiger charge is 2.27. The minimum atomic E-state index is -0.579. The number of nitro groups is 1. The summed E-state index contributed by atoms with van der Waals surface area (Å²) in [4.78, 5) is 13.8. The van der Waals surface area contributed by atoms with Crippen LogP contribution in [-0.4, -0.2) is 27.2 Å². The third-order valence-corrected chi connectivity index (χ3v) is 2.87. The van der Waals surface area contributed by atoms with Gasteiger partial charge in [0, 0.05) is 0 Å².